The van der Waals surface area contributed by atoms with Crippen LogP contribution in [0.5, 0.6) is 0 Å². The van der Waals surface area contributed by atoms with E-state index in [0.717, 1.165) is 25.9 Å². The number of amides is 2. The second-order valence-electron chi connectivity index (χ2n) is 7.14. The monoisotopic (exact) mass is 299 g/mol. The molecular formula is C16H33N3O2. The van der Waals surface area contributed by atoms with E-state index in [-0.39, 0.29) is 18.2 Å². The van der Waals surface area contributed by atoms with Gasteiger partial charge in [-0.2, -0.15) is 0 Å². The van der Waals surface area contributed by atoms with Gasteiger partial charge in [0.05, 0.1) is 12.1 Å². The standard InChI is InChI=1S/C16H33N3O2/c1-5-9-16(4,13-20)18-14(21)17-12-15(2,3)19-10-7-6-8-11-19/h20H,5-13H2,1-4H3,(H2,17,18,21). The van der Waals surface area contributed by atoms with Crippen molar-refractivity contribution >= 4 is 6.03 Å². The molecule has 5 heteroatoms. The number of carbonyl (C=O) groups excluding carboxylic acids is 1. The lowest BCUT2D eigenvalue weighted by Gasteiger charge is -2.41. The molecule has 21 heavy (non-hydrogen) atoms. The van der Waals surface area contributed by atoms with Crippen molar-refractivity contribution in [3.8, 4) is 0 Å². The van der Waals surface area contributed by atoms with Crippen molar-refractivity contribution in [2.75, 3.05) is 26.2 Å². The van der Waals surface area contributed by atoms with Crippen LogP contribution < -0.4 is 10.6 Å². The summed E-state index contributed by atoms with van der Waals surface area (Å²) in [6.45, 7) is 11.1. The van der Waals surface area contributed by atoms with Crippen LogP contribution in [0.15, 0.2) is 0 Å². The minimum atomic E-state index is -0.534. The van der Waals surface area contributed by atoms with E-state index in [1.165, 1.54) is 19.3 Å². The highest BCUT2D eigenvalue weighted by atomic mass is 16.3. The molecule has 0 radical (unpaired) electrons. The Balaban J connectivity index is 2.43. The van der Waals surface area contributed by atoms with E-state index in [1.54, 1.807) is 0 Å². The zero-order valence-corrected chi connectivity index (χ0v) is 14.2. The van der Waals surface area contributed by atoms with Gasteiger partial charge in [-0.15, -0.1) is 0 Å². The summed E-state index contributed by atoms with van der Waals surface area (Å²) in [7, 11) is 0. The van der Waals surface area contributed by atoms with Crippen LogP contribution in [0.1, 0.15) is 59.8 Å². The van der Waals surface area contributed by atoms with Crippen LogP contribution in [0.4, 0.5) is 4.79 Å². The summed E-state index contributed by atoms with van der Waals surface area (Å²) >= 11 is 0. The Morgan fingerprint density at radius 3 is 2.33 bits per heavy atom. The van der Waals surface area contributed by atoms with Gasteiger partial charge in [0.25, 0.3) is 0 Å². The quantitative estimate of drug-likeness (QED) is 0.674. The van der Waals surface area contributed by atoms with E-state index in [4.69, 9.17) is 0 Å². The van der Waals surface area contributed by atoms with E-state index in [1.807, 2.05) is 13.8 Å². The van der Waals surface area contributed by atoms with Crippen LogP contribution in [0.2, 0.25) is 0 Å². The van der Waals surface area contributed by atoms with Crippen LogP contribution in [-0.4, -0.2) is 53.4 Å². The molecule has 3 N–H and O–H groups in total. The largest absolute Gasteiger partial charge is 0.394 e. The molecule has 0 aromatic heterocycles. The van der Waals surface area contributed by atoms with Gasteiger partial charge in [-0.3, -0.25) is 4.90 Å². The fourth-order valence-corrected chi connectivity index (χ4v) is 2.96. The number of piperidine rings is 1. The third-order valence-electron chi connectivity index (χ3n) is 4.46. The molecule has 0 bridgehead atoms. The van der Waals surface area contributed by atoms with Crippen molar-refractivity contribution in [2.24, 2.45) is 0 Å². The molecule has 1 fully saturated rings. The molecule has 124 valence electrons. The third-order valence-corrected chi connectivity index (χ3v) is 4.46. The Bertz CT molecular complexity index is 327. The van der Waals surface area contributed by atoms with Crippen LogP contribution in [0, 0.1) is 0 Å². The second kappa shape index (κ2) is 7.99. The number of hydrogen-bond donors (Lipinski definition) is 3. The van der Waals surface area contributed by atoms with Crippen molar-refractivity contribution in [1.29, 1.82) is 0 Å². The van der Waals surface area contributed by atoms with Crippen LogP contribution >= 0.6 is 0 Å². The minimum Gasteiger partial charge on any atom is -0.394 e. The molecule has 0 aromatic rings. The zero-order chi connectivity index (χ0) is 15.9. The van der Waals surface area contributed by atoms with Crippen LogP contribution in [0.3, 0.4) is 0 Å². The van der Waals surface area contributed by atoms with Gasteiger partial charge in [0.1, 0.15) is 0 Å². The number of nitrogens with zero attached hydrogens (tertiary/aromatic N) is 1. The molecule has 1 heterocycles. The van der Waals surface area contributed by atoms with Crippen molar-refractivity contribution < 1.29 is 9.90 Å². The van der Waals surface area contributed by atoms with Gasteiger partial charge in [-0.25, -0.2) is 4.79 Å². The van der Waals surface area contributed by atoms with Gasteiger partial charge in [-0.05, 0) is 53.1 Å². The summed E-state index contributed by atoms with van der Waals surface area (Å²) in [5.41, 5.74) is -0.563. The highest BCUT2D eigenvalue weighted by molar-refractivity contribution is 5.74. The fraction of sp³-hybridized carbons (Fsp3) is 0.938. The lowest BCUT2D eigenvalue weighted by molar-refractivity contribution is 0.0948. The maximum absolute atomic E-state index is 12.1. The first-order valence-corrected chi connectivity index (χ1v) is 8.25. The van der Waals surface area contributed by atoms with Gasteiger partial charge < -0.3 is 15.7 Å². The first kappa shape index (κ1) is 18.2. The number of urea groups is 1. The average Bonchev–Trinajstić information content (AvgIpc) is 2.46. The number of hydrogen-bond acceptors (Lipinski definition) is 3. The van der Waals surface area contributed by atoms with Crippen LogP contribution in [-0.2, 0) is 0 Å². The SMILES string of the molecule is CCCC(C)(CO)NC(=O)NCC(C)(C)N1CCCCC1. The molecule has 2 amide bonds. The Morgan fingerprint density at radius 2 is 1.81 bits per heavy atom. The number of rotatable bonds is 7. The summed E-state index contributed by atoms with van der Waals surface area (Å²) in [5, 5.41) is 15.3. The zero-order valence-electron chi connectivity index (χ0n) is 14.2. The van der Waals surface area contributed by atoms with Gasteiger partial charge in [0.15, 0.2) is 0 Å². The first-order valence-electron chi connectivity index (χ1n) is 8.25. The normalized spacial score (nSPS) is 19.9. The van der Waals surface area contributed by atoms with E-state index in [0.29, 0.717) is 6.54 Å². The summed E-state index contributed by atoms with van der Waals surface area (Å²) in [4.78, 5) is 14.5. The predicted molar refractivity (Wildman–Crippen MR) is 86.4 cm³/mol. The fourth-order valence-electron chi connectivity index (χ4n) is 2.96. The minimum absolute atomic E-state index is 0.0296. The third kappa shape index (κ3) is 5.83. The molecule has 1 atom stereocenters. The summed E-state index contributed by atoms with van der Waals surface area (Å²) < 4.78 is 0. The topological polar surface area (TPSA) is 64.6 Å². The number of nitrogens with one attached hydrogen (secondary N) is 2. The average molecular weight is 299 g/mol. The number of likely N-dealkylation sites (tertiary alicyclic amines) is 1. The molecule has 1 saturated heterocycles. The first-order chi connectivity index (χ1) is 9.83. The van der Waals surface area contributed by atoms with Crippen molar-refractivity contribution in [1.82, 2.24) is 15.5 Å². The molecule has 1 unspecified atom stereocenters. The second-order valence-corrected chi connectivity index (χ2v) is 7.14. The predicted octanol–water partition coefficient (Wildman–Crippen LogP) is 2.10. The summed E-state index contributed by atoms with van der Waals surface area (Å²) in [5.74, 6) is 0. The highest BCUT2D eigenvalue weighted by Crippen LogP contribution is 2.19. The number of aliphatic hydroxyl groups excluding tert-OH is 1. The van der Waals surface area contributed by atoms with E-state index < -0.39 is 5.54 Å². The maximum Gasteiger partial charge on any atom is 0.315 e. The molecule has 0 aliphatic carbocycles. The van der Waals surface area contributed by atoms with Crippen molar-refractivity contribution in [3.63, 3.8) is 0 Å². The lowest BCUT2D eigenvalue weighted by Crippen LogP contribution is -2.57. The van der Waals surface area contributed by atoms with Gasteiger partial charge in [0, 0.05) is 12.1 Å². The van der Waals surface area contributed by atoms with E-state index >= 15 is 0 Å². The summed E-state index contributed by atoms with van der Waals surface area (Å²) in [6.07, 6.45) is 5.50. The molecule has 0 saturated carbocycles. The van der Waals surface area contributed by atoms with Gasteiger partial charge in [0.2, 0.25) is 0 Å². The molecular weight excluding hydrogens is 266 g/mol. The van der Waals surface area contributed by atoms with Gasteiger partial charge >= 0.3 is 6.03 Å². The lowest BCUT2D eigenvalue weighted by atomic mass is 9.97. The highest BCUT2D eigenvalue weighted by Gasteiger charge is 2.29. The van der Waals surface area contributed by atoms with Crippen molar-refractivity contribution in [3.05, 3.63) is 0 Å². The van der Waals surface area contributed by atoms with Crippen molar-refractivity contribution in [2.45, 2.75) is 70.9 Å². The molecule has 1 aliphatic heterocycles. The molecule has 5 nitrogen and oxygen atoms in total. The van der Waals surface area contributed by atoms with E-state index in [2.05, 4.69) is 29.4 Å². The number of carbonyl (C=O) groups is 1. The Kier molecular flexibility index (Phi) is 6.94. The van der Waals surface area contributed by atoms with E-state index in [9.17, 15) is 9.90 Å². The Labute approximate surface area is 129 Å². The Hall–Kier alpha value is -0.810. The maximum atomic E-state index is 12.1. The summed E-state index contributed by atoms with van der Waals surface area (Å²) in [6, 6.07) is -0.190. The molecule has 1 rings (SSSR count). The Morgan fingerprint density at radius 1 is 1.19 bits per heavy atom. The molecule has 0 spiro atoms. The smallest absolute Gasteiger partial charge is 0.315 e. The molecule has 0 aromatic carbocycles. The molecule has 1 aliphatic rings. The van der Waals surface area contributed by atoms with Crippen LogP contribution in [0.25, 0.3) is 0 Å². The number of aliphatic hydroxyl groups is 1. The van der Waals surface area contributed by atoms with Gasteiger partial charge in [-0.1, -0.05) is 19.8 Å².